The molecule has 0 spiro atoms. The van der Waals surface area contributed by atoms with Crippen molar-refractivity contribution in [2.24, 2.45) is 0 Å². The third-order valence-corrected chi connectivity index (χ3v) is 13.0. The number of nitrogens with one attached hydrogen (secondary N) is 1. The second kappa shape index (κ2) is 12.4. The van der Waals surface area contributed by atoms with Crippen LogP contribution in [0.1, 0.15) is 36.7 Å². The Balaban J connectivity index is 1.18. The van der Waals surface area contributed by atoms with Gasteiger partial charge in [-0.05, 0) is 136 Å². The summed E-state index contributed by atoms with van der Waals surface area (Å²) in [6.07, 6.45) is -0.0862. The first-order valence-corrected chi connectivity index (χ1v) is 20.4. The topological polar surface area (TPSA) is 15.3 Å². The average molecular weight is 741 g/mol. The summed E-state index contributed by atoms with van der Waals surface area (Å²) in [5.74, 6) is 0. The van der Waals surface area contributed by atoms with Crippen LogP contribution < -0.4 is 10.2 Å². The van der Waals surface area contributed by atoms with Crippen LogP contribution in [-0.4, -0.2) is 0 Å². The van der Waals surface area contributed by atoms with Crippen LogP contribution in [0.3, 0.4) is 0 Å². The van der Waals surface area contributed by atoms with E-state index < -0.39 is 0 Å². The van der Waals surface area contributed by atoms with E-state index in [4.69, 9.17) is 0 Å². The summed E-state index contributed by atoms with van der Waals surface area (Å²) in [4.78, 5) is 2.48. The maximum atomic E-state index is 3.97. The van der Waals surface area contributed by atoms with E-state index in [1.54, 1.807) is 0 Å². The van der Waals surface area contributed by atoms with Gasteiger partial charge in [-0.1, -0.05) is 159 Å². The molecule has 12 rings (SSSR count). The van der Waals surface area contributed by atoms with E-state index in [2.05, 4.69) is 218 Å². The molecular formula is C56H40N2. The lowest BCUT2D eigenvalue weighted by molar-refractivity contribution is 0.660. The van der Waals surface area contributed by atoms with E-state index in [0.29, 0.717) is 0 Å². The monoisotopic (exact) mass is 740 g/mol. The maximum absolute atomic E-state index is 3.97. The molecule has 2 heteroatoms. The molecule has 274 valence electrons. The Morgan fingerprint density at radius 3 is 1.67 bits per heavy atom. The Morgan fingerprint density at radius 2 is 1.00 bits per heavy atom. The third-order valence-electron chi connectivity index (χ3n) is 13.0. The van der Waals surface area contributed by atoms with Crippen molar-refractivity contribution in [2.45, 2.75) is 25.4 Å². The molecule has 58 heavy (non-hydrogen) atoms. The number of rotatable bonds is 4. The lowest BCUT2D eigenvalue weighted by atomic mass is 9.79. The molecule has 1 N–H and O–H groups in total. The predicted octanol–water partition coefficient (Wildman–Crippen LogP) is 15.2. The molecule has 0 aromatic heterocycles. The quantitative estimate of drug-likeness (QED) is 0.181. The smallest absolute Gasteiger partial charge is 0.131 e. The Bertz CT molecular complexity index is 3300. The molecule has 0 bridgehead atoms. The van der Waals surface area contributed by atoms with Crippen LogP contribution in [0, 0.1) is 0 Å². The van der Waals surface area contributed by atoms with E-state index >= 15 is 0 Å². The number of hydrogen-bond acceptors (Lipinski definition) is 2. The van der Waals surface area contributed by atoms with Crippen molar-refractivity contribution in [1.82, 2.24) is 0 Å². The summed E-state index contributed by atoms with van der Waals surface area (Å²) in [7, 11) is 0. The van der Waals surface area contributed by atoms with Gasteiger partial charge in [-0.2, -0.15) is 0 Å². The van der Waals surface area contributed by atoms with Gasteiger partial charge in [-0.3, -0.25) is 0 Å². The standard InChI is InChI=1S/C56H40N2/c1-56(2)48-24-14-23-44(55-57-50-25-12-13-26-51(50)58(55)41-19-4-3-5-20-41)54(48)47-33-45-46(34-49(47)56)53(40-30-28-36-16-7-9-18-38(36)32-40)43-22-11-10-21-42(43)52(45)39-29-27-35-15-6-8-17-37(35)31-39/h3-34,55,57H,1-2H3. The number of para-hydroxylation sites is 3. The molecular weight excluding hydrogens is 701 g/mol. The molecule has 1 heterocycles. The van der Waals surface area contributed by atoms with Gasteiger partial charge in [0, 0.05) is 16.7 Å². The summed E-state index contributed by atoms with van der Waals surface area (Å²) in [6, 6.07) is 72.1. The van der Waals surface area contributed by atoms with E-state index in [-0.39, 0.29) is 11.6 Å². The van der Waals surface area contributed by atoms with E-state index in [0.717, 1.165) is 5.69 Å². The Kier molecular flexibility index (Phi) is 7.07. The highest BCUT2D eigenvalue weighted by Crippen LogP contribution is 2.57. The van der Waals surface area contributed by atoms with Crippen LogP contribution in [0.5, 0.6) is 0 Å². The van der Waals surface area contributed by atoms with Gasteiger partial charge in [0.25, 0.3) is 0 Å². The molecule has 0 amide bonds. The Hall–Kier alpha value is -7.16. The van der Waals surface area contributed by atoms with E-state index in [9.17, 15) is 0 Å². The van der Waals surface area contributed by atoms with Crippen LogP contribution in [-0.2, 0) is 5.41 Å². The molecule has 2 aliphatic rings. The molecule has 10 aromatic carbocycles. The average Bonchev–Trinajstić information content (AvgIpc) is 3.77. The first-order chi connectivity index (χ1) is 28.5. The lowest BCUT2D eigenvalue weighted by Crippen LogP contribution is -2.24. The van der Waals surface area contributed by atoms with E-state index in [1.165, 1.54) is 105 Å². The highest BCUT2D eigenvalue weighted by Gasteiger charge is 2.41. The zero-order chi connectivity index (χ0) is 38.5. The number of benzene rings is 10. The fourth-order valence-corrected chi connectivity index (χ4v) is 10.3. The summed E-state index contributed by atoms with van der Waals surface area (Å²) >= 11 is 0. The van der Waals surface area contributed by atoms with Gasteiger partial charge < -0.3 is 10.2 Å². The summed E-state index contributed by atoms with van der Waals surface area (Å²) in [6.45, 7) is 4.83. The minimum Gasteiger partial charge on any atom is -0.359 e. The van der Waals surface area contributed by atoms with Gasteiger partial charge in [0.05, 0.1) is 11.4 Å². The largest absolute Gasteiger partial charge is 0.359 e. The first kappa shape index (κ1) is 33.0. The molecule has 10 aromatic rings. The number of hydrogen-bond donors (Lipinski definition) is 1. The normalized spacial score (nSPS) is 15.1. The zero-order valence-corrected chi connectivity index (χ0v) is 32.5. The fourth-order valence-electron chi connectivity index (χ4n) is 10.3. The van der Waals surface area contributed by atoms with Crippen molar-refractivity contribution < 1.29 is 0 Å². The van der Waals surface area contributed by atoms with Crippen LogP contribution in [0.25, 0.3) is 76.5 Å². The number of fused-ring (bicyclic) bond motifs is 8. The molecule has 1 atom stereocenters. The molecule has 1 unspecified atom stereocenters. The number of nitrogens with zero attached hydrogens (tertiary/aromatic N) is 1. The maximum Gasteiger partial charge on any atom is 0.131 e. The summed E-state index contributed by atoms with van der Waals surface area (Å²) in [5.41, 5.74) is 15.0. The summed E-state index contributed by atoms with van der Waals surface area (Å²) in [5, 5.41) is 14.1. The van der Waals surface area contributed by atoms with Crippen LogP contribution in [0.15, 0.2) is 194 Å². The van der Waals surface area contributed by atoms with Crippen molar-refractivity contribution in [1.29, 1.82) is 0 Å². The molecule has 1 aliphatic carbocycles. The Labute approximate surface area is 338 Å². The molecule has 0 saturated heterocycles. The first-order valence-electron chi connectivity index (χ1n) is 20.4. The zero-order valence-electron chi connectivity index (χ0n) is 32.5. The second-order valence-electron chi connectivity index (χ2n) is 16.5. The number of anilines is 3. The van der Waals surface area contributed by atoms with Gasteiger partial charge in [0.1, 0.15) is 6.17 Å². The third kappa shape index (κ3) is 4.79. The van der Waals surface area contributed by atoms with Crippen molar-refractivity contribution >= 4 is 60.2 Å². The molecule has 0 saturated carbocycles. The second-order valence-corrected chi connectivity index (χ2v) is 16.5. The highest BCUT2D eigenvalue weighted by molar-refractivity contribution is 6.23. The van der Waals surface area contributed by atoms with Crippen molar-refractivity contribution in [3.05, 3.63) is 211 Å². The minimum atomic E-state index is -0.229. The van der Waals surface area contributed by atoms with Crippen LogP contribution >= 0.6 is 0 Å². The van der Waals surface area contributed by atoms with Gasteiger partial charge >= 0.3 is 0 Å². The summed E-state index contributed by atoms with van der Waals surface area (Å²) < 4.78 is 0. The molecule has 2 nitrogen and oxygen atoms in total. The molecule has 0 fully saturated rings. The molecule has 1 aliphatic heterocycles. The van der Waals surface area contributed by atoms with Gasteiger partial charge in [0.15, 0.2) is 0 Å². The minimum absolute atomic E-state index is 0.0862. The Morgan fingerprint density at radius 1 is 0.431 bits per heavy atom. The van der Waals surface area contributed by atoms with Crippen LogP contribution in [0.2, 0.25) is 0 Å². The van der Waals surface area contributed by atoms with E-state index in [1.807, 2.05) is 0 Å². The molecule has 0 radical (unpaired) electrons. The SMILES string of the molecule is CC1(C)c2cc3c(-c4ccc5ccccc5c4)c4ccccc4c(-c4ccc5ccccc5c4)c3cc2-c2c(C3Nc4ccccc4N3c3ccccc3)cccc21. The van der Waals surface area contributed by atoms with Gasteiger partial charge in [0.2, 0.25) is 0 Å². The lowest BCUT2D eigenvalue weighted by Gasteiger charge is -2.29. The predicted molar refractivity (Wildman–Crippen MR) is 246 cm³/mol. The fraction of sp³-hybridized carbons (Fsp3) is 0.0714. The van der Waals surface area contributed by atoms with Crippen LogP contribution in [0.4, 0.5) is 17.1 Å². The van der Waals surface area contributed by atoms with Gasteiger partial charge in [-0.15, -0.1) is 0 Å². The van der Waals surface area contributed by atoms with Crippen molar-refractivity contribution in [3.8, 4) is 33.4 Å². The highest BCUT2D eigenvalue weighted by atomic mass is 15.3. The van der Waals surface area contributed by atoms with Gasteiger partial charge in [-0.25, -0.2) is 0 Å². The van der Waals surface area contributed by atoms with Crippen molar-refractivity contribution in [3.63, 3.8) is 0 Å². The van der Waals surface area contributed by atoms with Crippen molar-refractivity contribution in [2.75, 3.05) is 10.2 Å².